The van der Waals surface area contributed by atoms with Crippen LogP contribution >= 0.6 is 0 Å². The summed E-state index contributed by atoms with van der Waals surface area (Å²) in [4.78, 5) is 12.4. The average molecular weight is 313 g/mol. The van der Waals surface area contributed by atoms with Crippen LogP contribution in [0.4, 0.5) is 10.1 Å². The van der Waals surface area contributed by atoms with E-state index in [4.69, 9.17) is 9.47 Å². The van der Waals surface area contributed by atoms with E-state index in [0.29, 0.717) is 13.2 Å². The lowest BCUT2D eigenvalue weighted by molar-refractivity contribution is -0.115. The summed E-state index contributed by atoms with van der Waals surface area (Å²) in [5.41, 5.74) is 3.57. The topological polar surface area (TPSA) is 47.6 Å². The molecule has 0 bridgehead atoms. The number of amides is 1. The molecule has 0 spiro atoms. The van der Waals surface area contributed by atoms with E-state index < -0.39 is 0 Å². The molecular weight excluding hydrogens is 297 g/mol. The molecule has 1 amide bonds. The van der Waals surface area contributed by atoms with E-state index in [9.17, 15) is 9.18 Å². The average Bonchev–Trinajstić information content (AvgIpc) is 3.18. The fourth-order valence-electron chi connectivity index (χ4n) is 3.09. The third-order valence-electron chi connectivity index (χ3n) is 4.19. The first-order valence-electron chi connectivity index (χ1n) is 7.69. The number of rotatable bonds is 3. The first-order valence-corrected chi connectivity index (χ1v) is 7.69. The maximum Gasteiger partial charge on any atom is 0.228 e. The molecule has 2 aromatic rings. The third kappa shape index (κ3) is 2.63. The minimum Gasteiger partial charge on any atom is -0.493 e. The Morgan fingerprint density at radius 3 is 2.74 bits per heavy atom. The van der Waals surface area contributed by atoms with Gasteiger partial charge in [-0.3, -0.25) is 4.79 Å². The van der Waals surface area contributed by atoms with E-state index >= 15 is 0 Å². The molecule has 0 saturated heterocycles. The maximum atomic E-state index is 12.9. The first-order chi connectivity index (χ1) is 11.2. The summed E-state index contributed by atoms with van der Waals surface area (Å²) in [6, 6.07) is 7.97. The molecule has 4 nitrogen and oxygen atoms in total. The minimum absolute atomic E-state index is 0.144. The van der Waals surface area contributed by atoms with Crippen molar-refractivity contribution < 1.29 is 18.7 Å². The molecule has 5 heteroatoms. The van der Waals surface area contributed by atoms with Gasteiger partial charge in [0.15, 0.2) is 0 Å². The third-order valence-corrected chi connectivity index (χ3v) is 4.19. The second kappa shape index (κ2) is 5.57. The van der Waals surface area contributed by atoms with Gasteiger partial charge in [0.1, 0.15) is 17.3 Å². The fraction of sp³-hybridized carbons (Fsp3) is 0.278. The van der Waals surface area contributed by atoms with Gasteiger partial charge in [-0.15, -0.1) is 0 Å². The number of ether oxygens (including phenoxy) is 2. The number of hydrogen-bond acceptors (Lipinski definition) is 3. The summed E-state index contributed by atoms with van der Waals surface area (Å²) in [6.45, 7) is 1.25. The summed E-state index contributed by atoms with van der Waals surface area (Å²) >= 11 is 0. The van der Waals surface area contributed by atoms with Gasteiger partial charge in [0, 0.05) is 24.0 Å². The monoisotopic (exact) mass is 313 g/mol. The van der Waals surface area contributed by atoms with Gasteiger partial charge in [0.2, 0.25) is 5.91 Å². The van der Waals surface area contributed by atoms with Crippen LogP contribution in [0.25, 0.3) is 0 Å². The van der Waals surface area contributed by atoms with Crippen molar-refractivity contribution in [2.75, 3.05) is 18.5 Å². The number of anilines is 1. The second-order valence-electron chi connectivity index (χ2n) is 5.76. The van der Waals surface area contributed by atoms with Crippen molar-refractivity contribution in [3.05, 3.63) is 52.8 Å². The highest BCUT2D eigenvalue weighted by Crippen LogP contribution is 2.44. The maximum absolute atomic E-state index is 12.9. The largest absolute Gasteiger partial charge is 0.493 e. The van der Waals surface area contributed by atoms with E-state index in [1.54, 1.807) is 12.1 Å². The van der Waals surface area contributed by atoms with Crippen molar-refractivity contribution >= 4 is 11.6 Å². The lowest BCUT2D eigenvalue weighted by Gasteiger charge is -2.14. The molecule has 0 fully saturated rings. The lowest BCUT2D eigenvalue weighted by atomic mass is 10.0. The molecule has 0 atom stereocenters. The molecule has 118 valence electrons. The van der Waals surface area contributed by atoms with Crippen LogP contribution in [-0.2, 0) is 24.1 Å². The molecule has 2 aromatic carbocycles. The minimum atomic E-state index is -0.307. The Bertz CT molecular complexity index is 739. The number of hydrogen-bond donors (Lipinski definition) is 1. The molecule has 0 saturated carbocycles. The highest BCUT2D eigenvalue weighted by atomic mass is 19.1. The summed E-state index contributed by atoms with van der Waals surface area (Å²) in [6.07, 6.45) is 1.78. The van der Waals surface area contributed by atoms with Crippen LogP contribution in [0.1, 0.15) is 16.7 Å². The van der Waals surface area contributed by atoms with Gasteiger partial charge in [-0.05, 0) is 23.8 Å². The number of benzene rings is 2. The lowest BCUT2D eigenvalue weighted by Crippen LogP contribution is -2.16. The van der Waals surface area contributed by atoms with E-state index in [2.05, 4.69) is 5.32 Å². The quantitative estimate of drug-likeness (QED) is 0.948. The number of halogens is 1. The van der Waals surface area contributed by atoms with E-state index in [0.717, 1.165) is 46.7 Å². The van der Waals surface area contributed by atoms with E-state index in [1.165, 1.54) is 12.1 Å². The van der Waals surface area contributed by atoms with Crippen molar-refractivity contribution in [2.24, 2.45) is 0 Å². The van der Waals surface area contributed by atoms with Crippen molar-refractivity contribution in [3.63, 3.8) is 0 Å². The van der Waals surface area contributed by atoms with Gasteiger partial charge in [-0.25, -0.2) is 4.39 Å². The van der Waals surface area contributed by atoms with Gasteiger partial charge in [-0.1, -0.05) is 12.1 Å². The van der Waals surface area contributed by atoms with Crippen LogP contribution in [0.3, 0.4) is 0 Å². The zero-order chi connectivity index (χ0) is 15.8. The van der Waals surface area contributed by atoms with E-state index in [1.807, 2.05) is 6.07 Å². The summed E-state index contributed by atoms with van der Waals surface area (Å²) < 4.78 is 24.3. The van der Waals surface area contributed by atoms with Crippen molar-refractivity contribution in [3.8, 4) is 11.5 Å². The van der Waals surface area contributed by atoms with Crippen molar-refractivity contribution in [2.45, 2.75) is 19.3 Å². The van der Waals surface area contributed by atoms with Crippen LogP contribution < -0.4 is 14.8 Å². The summed E-state index contributed by atoms with van der Waals surface area (Å²) in [5.74, 6) is 1.15. The predicted octanol–water partition coefficient (Wildman–Crippen LogP) is 2.88. The zero-order valence-electron chi connectivity index (χ0n) is 12.5. The van der Waals surface area contributed by atoms with Crippen LogP contribution in [0.2, 0.25) is 0 Å². The highest BCUT2D eigenvalue weighted by molar-refractivity contribution is 5.95. The van der Waals surface area contributed by atoms with Gasteiger partial charge in [0.25, 0.3) is 0 Å². The standard InChI is InChI=1S/C18H16FNO3/c19-13-3-1-11(2-4-13)9-16(21)20-17-14-6-8-22-15(14)10-12-5-7-23-18(12)17/h1-4,10H,5-9H2,(H,20,21). The molecule has 23 heavy (non-hydrogen) atoms. The van der Waals surface area contributed by atoms with Crippen LogP contribution in [0.15, 0.2) is 30.3 Å². The molecule has 1 N–H and O–H groups in total. The Hall–Kier alpha value is -2.56. The summed E-state index contributed by atoms with van der Waals surface area (Å²) in [7, 11) is 0. The second-order valence-corrected chi connectivity index (χ2v) is 5.76. The SMILES string of the molecule is O=C(Cc1ccc(F)cc1)Nc1c2c(cc3c1OCC3)OCC2. The molecule has 0 aliphatic carbocycles. The number of fused-ring (bicyclic) bond motifs is 2. The zero-order valence-corrected chi connectivity index (χ0v) is 12.5. The Balaban J connectivity index is 1.59. The van der Waals surface area contributed by atoms with Gasteiger partial charge in [-0.2, -0.15) is 0 Å². The molecule has 2 aliphatic heterocycles. The molecule has 0 radical (unpaired) electrons. The smallest absolute Gasteiger partial charge is 0.228 e. The Labute approximate surface area is 133 Å². The normalized spacial score (nSPS) is 14.7. The highest BCUT2D eigenvalue weighted by Gasteiger charge is 2.27. The molecule has 0 aromatic heterocycles. The molecular formula is C18H16FNO3. The number of nitrogens with one attached hydrogen (secondary N) is 1. The Morgan fingerprint density at radius 1 is 1.13 bits per heavy atom. The van der Waals surface area contributed by atoms with Gasteiger partial charge >= 0.3 is 0 Å². The van der Waals surface area contributed by atoms with Crippen molar-refractivity contribution in [1.82, 2.24) is 0 Å². The number of carbonyl (C=O) groups excluding carboxylic acids is 1. The Kier molecular flexibility index (Phi) is 3.41. The van der Waals surface area contributed by atoms with Gasteiger partial charge < -0.3 is 14.8 Å². The predicted molar refractivity (Wildman–Crippen MR) is 83.6 cm³/mol. The van der Waals surface area contributed by atoms with E-state index in [-0.39, 0.29) is 18.1 Å². The molecule has 0 unspecified atom stereocenters. The van der Waals surface area contributed by atoms with Crippen LogP contribution in [-0.4, -0.2) is 19.1 Å². The van der Waals surface area contributed by atoms with Crippen LogP contribution in [0.5, 0.6) is 11.5 Å². The molecule has 2 aliphatic rings. The van der Waals surface area contributed by atoms with Crippen molar-refractivity contribution in [1.29, 1.82) is 0 Å². The van der Waals surface area contributed by atoms with Crippen LogP contribution in [0, 0.1) is 5.82 Å². The number of carbonyl (C=O) groups is 1. The Morgan fingerprint density at radius 2 is 1.91 bits per heavy atom. The first kappa shape index (κ1) is 14.1. The van der Waals surface area contributed by atoms with Gasteiger partial charge in [0.05, 0.1) is 25.3 Å². The fourth-order valence-corrected chi connectivity index (χ4v) is 3.09. The molecule has 4 rings (SSSR count). The molecule has 2 heterocycles. The summed E-state index contributed by atoms with van der Waals surface area (Å²) in [5, 5.41) is 2.97.